The van der Waals surface area contributed by atoms with Crippen LogP contribution in [0, 0.1) is 0 Å². The fraction of sp³-hybridized carbons (Fsp3) is 0.456. The Balaban J connectivity index is 1.41. The largest absolute Gasteiger partial charge is 0.493 e. The van der Waals surface area contributed by atoms with Gasteiger partial charge in [0.25, 0.3) is 0 Å². The van der Waals surface area contributed by atoms with E-state index in [-0.39, 0.29) is 12.2 Å². The Kier molecular flexibility index (Phi) is 34.4. The number of rotatable bonds is 45. The van der Waals surface area contributed by atoms with E-state index in [2.05, 4.69) is 20.8 Å². The Bertz CT molecular complexity index is 2740. The van der Waals surface area contributed by atoms with Gasteiger partial charge in [-0.3, -0.25) is 0 Å². The van der Waals surface area contributed by atoms with Crippen molar-refractivity contribution in [3.05, 3.63) is 119 Å². The van der Waals surface area contributed by atoms with Gasteiger partial charge in [-0.1, -0.05) is 24.8 Å². The number of benzene rings is 4. The summed E-state index contributed by atoms with van der Waals surface area (Å²) in [5.74, 6) is 2.31. The molecule has 0 fully saturated rings. The lowest BCUT2D eigenvalue weighted by atomic mass is 10.1. The van der Waals surface area contributed by atoms with Crippen LogP contribution in [-0.4, -0.2) is 125 Å². The molecule has 4 aromatic rings. The van der Waals surface area contributed by atoms with Crippen molar-refractivity contribution in [3.8, 4) is 51.7 Å². The van der Waals surface area contributed by atoms with E-state index in [1.165, 1.54) is 39.6 Å². The summed E-state index contributed by atoms with van der Waals surface area (Å²) in [5.41, 5.74) is 2.92. The van der Waals surface area contributed by atoms with Crippen LogP contribution in [-0.2, 0) is 42.9 Å². The zero-order valence-electron chi connectivity index (χ0n) is 51.7. The summed E-state index contributed by atoms with van der Waals surface area (Å²) in [6.07, 6.45) is 21.4. The Morgan fingerprint density at radius 3 is 0.966 bits per heavy atom. The van der Waals surface area contributed by atoms with Crippen molar-refractivity contribution in [2.45, 2.75) is 110 Å². The molecule has 0 aliphatic heterocycles. The maximum Gasteiger partial charge on any atom is 0.338 e. The molecule has 0 N–H and O–H groups in total. The molecule has 0 amide bonds. The molecule has 0 spiro atoms. The van der Waals surface area contributed by atoms with Gasteiger partial charge in [0.2, 0.25) is 5.75 Å². The molecule has 0 unspecified atom stereocenters. The lowest BCUT2D eigenvalue weighted by Crippen LogP contribution is -2.11. The molecule has 0 aliphatic carbocycles. The average Bonchev–Trinajstić information content (AvgIpc) is 3.31. The summed E-state index contributed by atoms with van der Waals surface area (Å²) >= 11 is 0. The minimum absolute atomic E-state index is 0.197. The van der Waals surface area contributed by atoms with Gasteiger partial charge in [-0.2, -0.15) is 0 Å². The fourth-order valence-corrected chi connectivity index (χ4v) is 8.32. The van der Waals surface area contributed by atoms with Crippen LogP contribution in [0.4, 0.5) is 0 Å². The molecule has 0 radical (unpaired) electrons. The minimum Gasteiger partial charge on any atom is -0.493 e. The number of hydrogen-bond acceptors (Lipinski definition) is 19. The SMILES string of the molecule is C=C(C)C(=O)OCCCCCCOC(=O)c1cc(OCCCCCCOc2ccc(C=CC(=O)OC)cc2OC)c(OCCCCCCOc2ccc(C=CC(=O)OC)cc2OC)c(OCCCCCCOc2ccc(C=CC(=O)OC)cc2OC)c1. The minimum atomic E-state index is -0.523. The fourth-order valence-electron chi connectivity index (χ4n) is 8.32. The van der Waals surface area contributed by atoms with Crippen LogP contribution < -0.4 is 42.6 Å². The monoisotopic (exact) mass is 1210 g/mol. The molecule has 87 heavy (non-hydrogen) atoms. The van der Waals surface area contributed by atoms with Gasteiger partial charge in [0.05, 0.1) is 101 Å². The van der Waals surface area contributed by atoms with Gasteiger partial charge < -0.3 is 66.3 Å². The van der Waals surface area contributed by atoms with Gasteiger partial charge in [-0.05, 0) is 193 Å². The summed E-state index contributed by atoms with van der Waals surface area (Å²) in [5, 5.41) is 0. The second-order valence-corrected chi connectivity index (χ2v) is 19.9. The van der Waals surface area contributed by atoms with E-state index in [9.17, 15) is 24.0 Å². The van der Waals surface area contributed by atoms with Crippen molar-refractivity contribution >= 4 is 48.1 Å². The maximum atomic E-state index is 13.8. The van der Waals surface area contributed by atoms with Crippen LogP contribution >= 0.6 is 0 Å². The highest BCUT2D eigenvalue weighted by Crippen LogP contribution is 2.40. The van der Waals surface area contributed by atoms with Gasteiger partial charge in [0, 0.05) is 23.8 Å². The normalized spacial score (nSPS) is 11.0. The third kappa shape index (κ3) is 28.0. The van der Waals surface area contributed by atoms with E-state index < -0.39 is 29.8 Å². The van der Waals surface area contributed by atoms with E-state index in [0.717, 1.165) is 93.7 Å². The first-order valence-electron chi connectivity index (χ1n) is 29.6. The van der Waals surface area contributed by atoms with Gasteiger partial charge in [0.1, 0.15) is 0 Å². The van der Waals surface area contributed by atoms with Gasteiger partial charge in [-0.25, -0.2) is 24.0 Å². The zero-order chi connectivity index (χ0) is 62.9. The van der Waals surface area contributed by atoms with E-state index in [0.29, 0.717) is 129 Å². The number of methoxy groups -OCH3 is 6. The molecule has 0 bridgehead atoms. The van der Waals surface area contributed by atoms with E-state index in [1.807, 2.05) is 36.4 Å². The third-order valence-corrected chi connectivity index (χ3v) is 13.2. The molecular weight excluding hydrogens is 1120 g/mol. The molecule has 0 aromatic heterocycles. The molecule has 0 atom stereocenters. The van der Waals surface area contributed by atoms with E-state index in [1.54, 1.807) is 76.8 Å². The average molecular weight is 1210 g/mol. The van der Waals surface area contributed by atoms with Crippen molar-refractivity contribution in [2.75, 3.05) is 95.5 Å². The van der Waals surface area contributed by atoms with Crippen LogP contribution in [0.15, 0.2) is 97.1 Å². The predicted octanol–water partition coefficient (Wildman–Crippen LogP) is 13.2. The lowest BCUT2D eigenvalue weighted by molar-refractivity contribution is -0.139. The number of carbonyl (C=O) groups excluding carboxylic acids is 5. The molecular formula is C68H88O19. The van der Waals surface area contributed by atoms with E-state index in [4.69, 9.17) is 52.1 Å². The van der Waals surface area contributed by atoms with Crippen molar-refractivity contribution in [1.82, 2.24) is 0 Å². The summed E-state index contributed by atoms with van der Waals surface area (Å²) in [7, 11) is 8.67. The molecule has 0 saturated carbocycles. The molecule has 4 rings (SSSR count). The molecule has 19 heteroatoms. The highest BCUT2D eigenvalue weighted by atomic mass is 16.6. The maximum absolute atomic E-state index is 13.8. The molecule has 0 heterocycles. The summed E-state index contributed by atoms with van der Waals surface area (Å²) in [6.45, 7) is 8.16. The Hall–Kier alpha value is -8.61. The first kappa shape index (κ1) is 70.9. The standard InChI is InChI=1S/C68H88O19/c1-50(2)67(72)86-43-23-15-16-24-44-87-68(73)54-48-61(83-40-20-11-9-17-37-80-55-31-25-51(45-58(55)74-3)28-34-63(69)77-6)66(85-42-22-14-13-19-39-82-57-33-27-53(47-60(57)76-5)30-36-65(71)79-8)62(49-54)84-41-21-12-10-18-38-81-56-32-26-52(46-59(56)75-4)29-35-64(70)78-7/h25-36,45-49H,1,9-24,37-44H2,2-8H3. The molecule has 474 valence electrons. The van der Waals surface area contributed by atoms with Crippen molar-refractivity contribution in [1.29, 1.82) is 0 Å². The topological polar surface area (TPSA) is 215 Å². The first-order chi connectivity index (χ1) is 42.3. The van der Waals surface area contributed by atoms with Crippen molar-refractivity contribution in [3.63, 3.8) is 0 Å². The lowest BCUT2D eigenvalue weighted by Gasteiger charge is -2.19. The number of esters is 5. The van der Waals surface area contributed by atoms with Crippen molar-refractivity contribution < 1.29 is 90.3 Å². The number of carbonyl (C=O) groups is 5. The molecule has 19 nitrogen and oxygen atoms in total. The van der Waals surface area contributed by atoms with Crippen LogP contribution in [0.2, 0.25) is 0 Å². The number of unbranched alkanes of at least 4 members (excludes halogenated alkanes) is 12. The Labute approximate surface area is 512 Å². The number of ether oxygens (including phenoxy) is 14. The predicted molar refractivity (Wildman–Crippen MR) is 331 cm³/mol. The third-order valence-electron chi connectivity index (χ3n) is 13.2. The summed E-state index contributed by atoms with van der Waals surface area (Å²) in [4.78, 5) is 60.2. The summed E-state index contributed by atoms with van der Waals surface area (Å²) in [6, 6.07) is 19.6. The Morgan fingerprint density at radius 1 is 0.356 bits per heavy atom. The van der Waals surface area contributed by atoms with Gasteiger partial charge >= 0.3 is 29.8 Å². The molecule has 4 aromatic carbocycles. The quantitative estimate of drug-likeness (QED) is 0.0174. The van der Waals surface area contributed by atoms with Crippen LogP contribution in [0.25, 0.3) is 18.2 Å². The smallest absolute Gasteiger partial charge is 0.338 e. The van der Waals surface area contributed by atoms with Gasteiger partial charge in [-0.15, -0.1) is 0 Å². The van der Waals surface area contributed by atoms with Gasteiger partial charge in [0.15, 0.2) is 46.0 Å². The van der Waals surface area contributed by atoms with Crippen molar-refractivity contribution in [2.24, 2.45) is 0 Å². The van der Waals surface area contributed by atoms with Crippen LogP contribution in [0.3, 0.4) is 0 Å². The Morgan fingerprint density at radius 2 is 0.655 bits per heavy atom. The van der Waals surface area contributed by atoms with Crippen LogP contribution in [0.5, 0.6) is 51.7 Å². The first-order valence-corrected chi connectivity index (χ1v) is 29.6. The zero-order valence-corrected chi connectivity index (χ0v) is 51.7. The highest BCUT2D eigenvalue weighted by Gasteiger charge is 2.21. The molecule has 0 aliphatic rings. The second kappa shape index (κ2) is 42.2. The van der Waals surface area contributed by atoms with Crippen LogP contribution in [0.1, 0.15) is 137 Å². The summed E-state index contributed by atoms with van der Waals surface area (Å²) < 4.78 is 79.3. The highest BCUT2D eigenvalue weighted by molar-refractivity contribution is 5.91. The van der Waals surface area contributed by atoms with E-state index >= 15 is 0 Å². The number of hydrogen-bond donors (Lipinski definition) is 0. The molecule has 0 saturated heterocycles. The second-order valence-electron chi connectivity index (χ2n) is 19.9.